The van der Waals surface area contributed by atoms with Crippen molar-refractivity contribution in [2.24, 2.45) is 0 Å². The number of nitrogens with zero attached hydrogens (tertiary/aromatic N) is 2. The van der Waals surface area contributed by atoms with E-state index in [1.165, 1.54) is 12.1 Å². The van der Waals surface area contributed by atoms with E-state index in [0.717, 1.165) is 17.7 Å². The van der Waals surface area contributed by atoms with Crippen LogP contribution in [-0.4, -0.2) is 48.5 Å². The third-order valence-corrected chi connectivity index (χ3v) is 7.58. The summed E-state index contributed by atoms with van der Waals surface area (Å²) in [4.78, 5) is 15.0. The molecule has 0 radical (unpaired) electrons. The van der Waals surface area contributed by atoms with Gasteiger partial charge < -0.3 is 14.2 Å². The van der Waals surface area contributed by atoms with Gasteiger partial charge in [-0.05, 0) is 61.2 Å². The smallest absolute Gasteiger partial charge is 0.276 e. The molecule has 3 aromatic rings. The average molecular weight is 487 g/mol. The summed E-state index contributed by atoms with van der Waals surface area (Å²) in [5.74, 6) is 0.287. The third kappa shape index (κ3) is 5.47. The molecule has 34 heavy (non-hydrogen) atoms. The van der Waals surface area contributed by atoms with Gasteiger partial charge in [0.05, 0.1) is 18.1 Å². The molecule has 1 atom stereocenters. The van der Waals surface area contributed by atoms with Crippen molar-refractivity contribution in [3.05, 3.63) is 71.2 Å². The molecule has 0 bridgehead atoms. The first-order valence-electron chi connectivity index (χ1n) is 11.2. The summed E-state index contributed by atoms with van der Waals surface area (Å²) in [7, 11) is -3.21. The number of rotatable bonds is 8. The van der Waals surface area contributed by atoms with E-state index < -0.39 is 21.8 Å². The molecule has 4 rings (SSSR count). The van der Waals surface area contributed by atoms with Crippen LogP contribution in [0, 0.1) is 12.7 Å². The molecule has 2 aromatic carbocycles. The van der Waals surface area contributed by atoms with Crippen molar-refractivity contribution in [3.8, 4) is 17.1 Å². The molecule has 1 fully saturated rings. The Hall–Kier alpha value is -3.20. The highest BCUT2D eigenvalue weighted by molar-refractivity contribution is 7.91. The number of aromatic nitrogens is 1. The monoisotopic (exact) mass is 486 g/mol. The van der Waals surface area contributed by atoms with E-state index in [2.05, 4.69) is 5.16 Å². The van der Waals surface area contributed by atoms with Crippen LogP contribution in [0.15, 0.2) is 53.1 Å². The van der Waals surface area contributed by atoms with Gasteiger partial charge in [0.15, 0.2) is 21.3 Å². The van der Waals surface area contributed by atoms with Gasteiger partial charge in [0.1, 0.15) is 11.6 Å². The molecule has 1 aromatic heterocycles. The molecule has 2 heterocycles. The van der Waals surface area contributed by atoms with Crippen molar-refractivity contribution < 1.29 is 26.9 Å². The van der Waals surface area contributed by atoms with Gasteiger partial charge >= 0.3 is 0 Å². The Bertz CT molecular complexity index is 1270. The second-order valence-corrected chi connectivity index (χ2v) is 10.8. The lowest BCUT2D eigenvalue weighted by molar-refractivity contribution is 0.0670. The number of carbonyl (C=O) groups excluding carboxylic acids is 1. The SMILES string of the molecule is CCCOc1ccc(CN(C(=O)c2cc(-c3ccc(F)c(C)c3)on2)[C@@H]2CCS(=O)(=O)C2)cc1. The quantitative estimate of drug-likeness (QED) is 0.469. The van der Waals surface area contributed by atoms with Crippen LogP contribution < -0.4 is 4.74 Å². The lowest BCUT2D eigenvalue weighted by Gasteiger charge is -2.27. The maximum absolute atomic E-state index is 13.6. The molecule has 1 saturated heterocycles. The van der Waals surface area contributed by atoms with Crippen molar-refractivity contribution >= 4 is 15.7 Å². The van der Waals surface area contributed by atoms with Gasteiger partial charge in [0.25, 0.3) is 5.91 Å². The zero-order valence-corrected chi connectivity index (χ0v) is 20.0. The number of sulfone groups is 1. The molecule has 0 spiro atoms. The topological polar surface area (TPSA) is 89.7 Å². The molecule has 1 aliphatic heterocycles. The van der Waals surface area contributed by atoms with Crippen LogP contribution in [0.4, 0.5) is 4.39 Å². The van der Waals surface area contributed by atoms with Crippen LogP contribution in [0.2, 0.25) is 0 Å². The number of amides is 1. The van der Waals surface area contributed by atoms with Crippen LogP contribution >= 0.6 is 0 Å². The molecule has 0 aliphatic carbocycles. The van der Waals surface area contributed by atoms with Crippen LogP contribution in [0.5, 0.6) is 5.75 Å². The summed E-state index contributed by atoms with van der Waals surface area (Å²) in [6, 6.07) is 13.0. The van der Waals surface area contributed by atoms with E-state index in [0.29, 0.717) is 29.9 Å². The van der Waals surface area contributed by atoms with Gasteiger partial charge in [0.2, 0.25) is 0 Å². The van der Waals surface area contributed by atoms with Crippen LogP contribution in [0.1, 0.15) is 41.4 Å². The second-order valence-electron chi connectivity index (χ2n) is 8.52. The maximum atomic E-state index is 13.6. The van der Waals surface area contributed by atoms with Gasteiger partial charge in [-0.3, -0.25) is 4.79 Å². The normalized spacial score (nSPS) is 17.0. The molecule has 180 valence electrons. The molecular formula is C25H27FN2O5S. The minimum absolute atomic E-state index is 0.0458. The van der Waals surface area contributed by atoms with E-state index in [-0.39, 0.29) is 29.6 Å². The fourth-order valence-corrected chi connectivity index (χ4v) is 5.68. The third-order valence-electron chi connectivity index (χ3n) is 5.83. The molecule has 1 amide bonds. The van der Waals surface area contributed by atoms with Crippen molar-refractivity contribution in [1.82, 2.24) is 10.1 Å². The maximum Gasteiger partial charge on any atom is 0.276 e. The minimum Gasteiger partial charge on any atom is -0.494 e. The van der Waals surface area contributed by atoms with E-state index in [4.69, 9.17) is 9.26 Å². The highest BCUT2D eigenvalue weighted by Crippen LogP contribution is 2.26. The highest BCUT2D eigenvalue weighted by atomic mass is 32.2. The van der Waals surface area contributed by atoms with Gasteiger partial charge in [-0.15, -0.1) is 0 Å². The molecule has 0 unspecified atom stereocenters. The van der Waals surface area contributed by atoms with E-state index in [1.54, 1.807) is 24.0 Å². The van der Waals surface area contributed by atoms with E-state index in [1.807, 2.05) is 31.2 Å². The lowest BCUT2D eigenvalue weighted by Crippen LogP contribution is -2.40. The van der Waals surface area contributed by atoms with Gasteiger partial charge in [-0.2, -0.15) is 0 Å². The molecule has 9 heteroatoms. The van der Waals surface area contributed by atoms with E-state index in [9.17, 15) is 17.6 Å². The number of carbonyl (C=O) groups is 1. The Morgan fingerprint density at radius 1 is 1.21 bits per heavy atom. The summed E-state index contributed by atoms with van der Waals surface area (Å²) >= 11 is 0. The fraction of sp³-hybridized carbons (Fsp3) is 0.360. The molecule has 0 N–H and O–H groups in total. The molecule has 7 nitrogen and oxygen atoms in total. The number of hydrogen-bond acceptors (Lipinski definition) is 6. The van der Waals surface area contributed by atoms with Gasteiger partial charge in [-0.25, -0.2) is 12.8 Å². The summed E-state index contributed by atoms with van der Waals surface area (Å²) in [5, 5.41) is 3.93. The van der Waals surface area contributed by atoms with Crippen LogP contribution in [-0.2, 0) is 16.4 Å². The summed E-state index contributed by atoms with van der Waals surface area (Å²) in [5.41, 5.74) is 1.97. The summed E-state index contributed by atoms with van der Waals surface area (Å²) < 4.78 is 48.9. The van der Waals surface area contributed by atoms with Crippen molar-refractivity contribution in [2.45, 2.75) is 39.3 Å². The first-order valence-corrected chi connectivity index (χ1v) is 13.0. The Balaban J connectivity index is 1.58. The average Bonchev–Trinajstić information content (AvgIpc) is 3.45. The van der Waals surface area contributed by atoms with Gasteiger partial charge in [0, 0.05) is 24.2 Å². The zero-order valence-electron chi connectivity index (χ0n) is 19.2. The van der Waals surface area contributed by atoms with Gasteiger partial charge in [-0.1, -0.05) is 24.2 Å². The summed E-state index contributed by atoms with van der Waals surface area (Å²) in [6.07, 6.45) is 1.27. The zero-order chi connectivity index (χ0) is 24.3. The predicted octanol–water partition coefficient (Wildman–Crippen LogP) is 4.41. The second kappa shape index (κ2) is 9.97. The molecular weight excluding hydrogens is 459 g/mol. The Morgan fingerprint density at radius 3 is 2.62 bits per heavy atom. The summed E-state index contributed by atoms with van der Waals surface area (Å²) in [6.45, 7) is 4.51. The van der Waals surface area contributed by atoms with E-state index >= 15 is 0 Å². The predicted molar refractivity (Wildman–Crippen MR) is 126 cm³/mol. The Labute approximate surface area is 198 Å². The number of aryl methyl sites for hydroxylation is 1. The number of ether oxygens (including phenoxy) is 1. The standard InChI is InChI=1S/C25H27FN2O5S/c1-3-11-32-21-7-4-18(5-8-21)15-28(20-10-12-34(30,31)16-20)25(29)23-14-24(33-27-23)19-6-9-22(26)17(2)13-19/h4-9,13-14,20H,3,10-12,15-16H2,1-2H3/t20-/m1/s1. The van der Waals surface area contributed by atoms with Crippen molar-refractivity contribution in [3.63, 3.8) is 0 Å². The van der Waals surface area contributed by atoms with Crippen molar-refractivity contribution in [2.75, 3.05) is 18.1 Å². The van der Waals surface area contributed by atoms with Crippen LogP contribution in [0.25, 0.3) is 11.3 Å². The number of benzene rings is 2. The van der Waals surface area contributed by atoms with Crippen molar-refractivity contribution in [1.29, 1.82) is 0 Å². The lowest BCUT2D eigenvalue weighted by atomic mass is 10.1. The first-order chi connectivity index (χ1) is 16.3. The number of halogens is 1. The number of hydrogen-bond donors (Lipinski definition) is 0. The minimum atomic E-state index is -3.21. The largest absolute Gasteiger partial charge is 0.494 e. The van der Waals surface area contributed by atoms with Crippen LogP contribution in [0.3, 0.4) is 0 Å². The fourth-order valence-electron chi connectivity index (χ4n) is 3.95. The Morgan fingerprint density at radius 2 is 1.97 bits per heavy atom. The first kappa shape index (κ1) is 23.9. The Kier molecular flexibility index (Phi) is 7.02. The molecule has 1 aliphatic rings. The molecule has 0 saturated carbocycles. The highest BCUT2D eigenvalue weighted by Gasteiger charge is 2.36.